The third-order valence-corrected chi connectivity index (χ3v) is 2.27. The number of hydrogen-bond donors (Lipinski definition) is 2. The van der Waals surface area contributed by atoms with Crippen molar-refractivity contribution in [1.29, 1.82) is 0 Å². The standard InChI is InChI=1S/C11H13N5O2/c1-2-7-5-13-10(18-7)6-14-11(17)8-3-4-9(12)16-15-8/h3-5H,2,6H2,1H3,(H2,12,16)(H,14,17). The number of rotatable bonds is 4. The van der Waals surface area contributed by atoms with E-state index in [0.717, 1.165) is 12.2 Å². The minimum Gasteiger partial charge on any atom is -0.444 e. The molecule has 2 rings (SSSR count). The van der Waals surface area contributed by atoms with Gasteiger partial charge in [-0.25, -0.2) is 4.98 Å². The molecule has 7 nitrogen and oxygen atoms in total. The molecule has 2 aromatic heterocycles. The Morgan fingerprint density at radius 1 is 1.44 bits per heavy atom. The van der Waals surface area contributed by atoms with E-state index in [0.29, 0.717) is 5.89 Å². The summed E-state index contributed by atoms with van der Waals surface area (Å²) in [4.78, 5) is 15.7. The maximum atomic E-state index is 11.7. The molecule has 94 valence electrons. The van der Waals surface area contributed by atoms with Gasteiger partial charge in [-0.2, -0.15) is 0 Å². The Morgan fingerprint density at radius 2 is 2.28 bits per heavy atom. The molecule has 0 saturated carbocycles. The molecule has 0 aromatic carbocycles. The van der Waals surface area contributed by atoms with Crippen LogP contribution in [0, 0.1) is 0 Å². The van der Waals surface area contributed by atoms with Crippen LogP contribution in [0.2, 0.25) is 0 Å². The van der Waals surface area contributed by atoms with E-state index in [2.05, 4.69) is 20.5 Å². The van der Waals surface area contributed by atoms with Gasteiger partial charge in [0.1, 0.15) is 11.6 Å². The van der Waals surface area contributed by atoms with Crippen molar-refractivity contribution < 1.29 is 9.21 Å². The SMILES string of the molecule is CCc1cnc(CNC(=O)c2ccc(N)nn2)o1. The lowest BCUT2D eigenvalue weighted by Gasteiger charge is -2.01. The highest BCUT2D eigenvalue weighted by Crippen LogP contribution is 2.04. The highest BCUT2D eigenvalue weighted by molar-refractivity contribution is 5.92. The van der Waals surface area contributed by atoms with Gasteiger partial charge in [0.15, 0.2) is 5.69 Å². The molecule has 0 spiro atoms. The smallest absolute Gasteiger partial charge is 0.272 e. The molecular weight excluding hydrogens is 234 g/mol. The Kier molecular flexibility index (Phi) is 3.52. The highest BCUT2D eigenvalue weighted by Gasteiger charge is 2.09. The lowest BCUT2D eigenvalue weighted by atomic mass is 10.3. The van der Waals surface area contributed by atoms with Crippen LogP contribution in [0.25, 0.3) is 0 Å². The topological polar surface area (TPSA) is 107 Å². The third kappa shape index (κ3) is 2.82. The number of nitrogen functional groups attached to an aromatic ring is 1. The van der Waals surface area contributed by atoms with E-state index in [1.165, 1.54) is 12.1 Å². The molecule has 7 heteroatoms. The van der Waals surface area contributed by atoms with E-state index in [-0.39, 0.29) is 24.0 Å². The molecule has 2 aromatic rings. The van der Waals surface area contributed by atoms with Gasteiger partial charge in [0, 0.05) is 6.42 Å². The maximum Gasteiger partial charge on any atom is 0.272 e. The monoisotopic (exact) mass is 247 g/mol. The van der Waals surface area contributed by atoms with Gasteiger partial charge in [0.2, 0.25) is 5.89 Å². The number of anilines is 1. The quantitative estimate of drug-likeness (QED) is 0.816. The molecule has 0 atom stereocenters. The Balaban J connectivity index is 1.93. The minimum atomic E-state index is -0.348. The average molecular weight is 247 g/mol. The van der Waals surface area contributed by atoms with E-state index < -0.39 is 0 Å². The van der Waals surface area contributed by atoms with E-state index in [9.17, 15) is 4.79 Å². The second-order valence-electron chi connectivity index (χ2n) is 3.60. The van der Waals surface area contributed by atoms with Crippen molar-refractivity contribution in [3.05, 3.63) is 35.7 Å². The van der Waals surface area contributed by atoms with Crippen LogP contribution in [0.1, 0.15) is 29.1 Å². The molecule has 0 saturated heterocycles. The largest absolute Gasteiger partial charge is 0.444 e. The van der Waals surface area contributed by atoms with E-state index >= 15 is 0 Å². The number of amides is 1. The van der Waals surface area contributed by atoms with Crippen molar-refractivity contribution in [2.75, 3.05) is 5.73 Å². The predicted octanol–water partition coefficient (Wildman–Crippen LogP) is 0.539. The number of carbonyl (C=O) groups is 1. The number of carbonyl (C=O) groups excluding carboxylic acids is 1. The molecule has 0 unspecified atom stereocenters. The molecule has 3 N–H and O–H groups in total. The van der Waals surface area contributed by atoms with Crippen molar-refractivity contribution in [2.24, 2.45) is 0 Å². The summed E-state index contributed by atoms with van der Waals surface area (Å²) in [6, 6.07) is 3.02. The zero-order chi connectivity index (χ0) is 13.0. The van der Waals surface area contributed by atoms with Crippen molar-refractivity contribution in [2.45, 2.75) is 19.9 Å². The van der Waals surface area contributed by atoms with Gasteiger partial charge in [0.05, 0.1) is 12.7 Å². The molecule has 1 amide bonds. The average Bonchev–Trinajstić information content (AvgIpc) is 2.85. The normalized spacial score (nSPS) is 10.3. The van der Waals surface area contributed by atoms with E-state index in [1.807, 2.05) is 6.92 Å². The summed E-state index contributed by atoms with van der Waals surface area (Å²) in [5.74, 6) is 1.17. The first-order chi connectivity index (χ1) is 8.69. The first kappa shape index (κ1) is 12.0. The zero-order valence-corrected chi connectivity index (χ0v) is 9.88. The number of aromatic nitrogens is 3. The van der Waals surface area contributed by atoms with Crippen LogP contribution in [0.3, 0.4) is 0 Å². The summed E-state index contributed by atoms with van der Waals surface area (Å²) in [6.07, 6.45) is 2.41. The van der Waals surface area contributed by atoms with Crippen molar-refractivity contribution in [1.82, 2.24) is 20.5 Å². The fraction of sp³-hybridized carbons (Fsp3) is 0.273. The molecule has 0 fully saturated rings. The molecule has 2 heterocycles. The number of oxazole rings is 1. The summed E-state index contributed by atoms with van der Waals surface area (Å²) in [5, 5.41) is 9.91. The highest BCUT2D eigenvalue weighted by atomic mass is 16.4. The summed E-state index contributed by atoms with van der Waals surface area (Å²) >= 11 is 0. The molecule has 0 aliphatic carbocycles. The first-order valence-electron chi connectivity index (χ1n) is 5.50. The van der Waals surface area contributed by atoms with E-state index in [4.69, 9.17) is 10.2 Å². The summed E-state index contributed by atoms with van der Waals surface area (Å²) in [6.45, 7) is 2.18. The molecule has 18 heavy (non-hydrogen) atoms. The van der Waals surface area contributed by atoms with Gasteiger partial charge >= 0.3 is 0 Å². The number of hydrogen-bond acceptors (Lipinski definition) is 6. The summed E-state index contributed by atoms with van der Waals surface area (Å²) in [5.41, 5.74) is 5.58. The van der Waals surface area contributed by atoms with Gasteiger partial charge in [0.25, 0.3) is 5.91 Å². The van der Waals surface area contributed by atoms with Gasteiger partial charge in [-0.15, -0.1) is 10.2 Å². The van der Waals surface area contributed by atoms with Gasteiger partial charge in [-0.1, -0.05) is 6.92 Å². The van der Waals surface area contributed by atoms with Crippen LogP contribution in [0.15, 0.2) is 22.7 Å². The molecule has 0 radical (unpaired) electrons. The lowest BCUT2D eigenvalue weighted by Crippen LogP contribution is -2.24. The Morgan fingerprint density at radius 3 is 2.89 bits per heavy atom. The Bertz CT molecular complexity index is 535. The Labute approximate surface area is 103 Å². The lowest BCUT2D eigenvalue weighted by molar-refractivity contribution is 0.0941. The summed E-state index contributed by atoms with van der Waals surface area (Å²) < 4.78 is 5.36. The zero-order valence-electron chi connectivity index (χ0n) is 9.88. The second kappa shape index (κ2) is 5.26. The number of aryl methyl sites for hydroxylation is 1. The van der Waals surface area contributed by atoms with Gasteiger partial charge in [-0.05, 0) is 12.1 Å². The van der Waals surface area contributed by atoms with Crippen LogP contribution in [0.5, 0.6) is 0 Å². The predicted molar refractivity (Wildman–Crippen MR) is 63.5 cm³/mol. The van der Waals surface area contributed by atoms with Crippen LogP contribution in [-0.2, 0) is 13.0 Å². The molecule has 0 bridgehead atoms. The number of nitrogens with two attached hydrogens (primary N) is 1. The van der Waals surface area contributed by atoms with Crippen LogP contribution < -0.4 is 11.1 Å². The van der Waals surface area contributed by atoms with Crippen LogP contribution in [0.4, 0.5) is 5.82 Å². The first-order valence-corrected chi connectivity index (χ1v) is 5.50. The number of nitrogens with zero attached hydrogens (tertiary/aromatic N) is 3. The Hall–Kier alpha value is -2.44. The van der Waals surface area contributed by atoms with Gasteiger partial charge < -0.3 is 15.5 Å². The second-order valence-corrected chi connectivity index (χ2v) is 3.60. The van der Waals surface area contributed by atoms with E-state index in [1.54, 1.807) is 6.20 Å². The van der Waals surface area contributed by atoms with Crippen molar-refractivity contribution >= 4 is 11.7 Å². The van der Waals surface area contributed by atoms with Crippen molar-refractivity contribution in [3.63, 3.8) is 0 Å². The maximum absolute atomic E-state index is 11.7. The minimum absolute atomic E-state index is 0.200. The third-order valence-electron chi connectivity index (χ3n) is 2.27. The molecular formula is C11H13N5O2. The molecule has 0 aliphatic heterocycles. The summed E-state index contributed by atoms with van der Waals surface area (Å²) in [7, 11) is 0. The van der Waals surface area contributed by atoms with Crippen LogP contribution >= 0.6 is 0 Å². The van der Waals surface area contributed by atoms with Gasteiger partial charge in [-0.3, -0.25) is 4.79 Å². The van der Waals surface area contributed by atoms with Crippen molar-refractivity contribution in [3.8, 4) is 0 Å². The van der Waals surface area contributed by atoms with Crippen LogP contribution in [-0.4, -0.2) is 21.1 Å². The fourth-order valence-electron chi connectivity index (χ4n) is 1.30. The molecule has 0 aliphatic rings. The number of nitrogens with one attached hydrogen (secondary N) is 1. The fourth-order valence-corrected chi connectivity index (χ4v) is 1.30.